The smallest absolute Gasteiger partial charge is 0.257 e. The number of nitrogens with one attached hydrogen (secondary N) is 1. The number of hydrogen-bond acceptors (Lipinski definition) is 4. The second-order valence-corrected chi connectivity index (χ2v) is 6.91. The molecule has 7 heteroatoms. The van der Waals surface area contributed by atoms with Crippen LogP contribution in [0.3, 0.4) is 0 Å². The summed E-state index contributed by atoms with van der Waals surface area (Å²) in [6.07, 6.45) is 1.50. The van der Waals surface area contributed by atoms with E-state index >= 15 is 0 Å². The molecule has 0 aliphatic carbocycles. The molecule has 3 aromatic rings. The summed E-state index contributed by atoms with van der Waals surface area (Å²) >= 11 is 13.0. The normalized spacial score (nSPS) is 10.4. The van der Waals surface area contributed by atoms with Gasteiger partial charge in [0.2, 0.25) is 0 Å². The fourth-order valence-corrected chi connectivity index (χ4v) is 2.95. The minimum atomic E-state index is -0.236. The average Bonchev–Trinajstić information content (AvgIpc) is 2.99. The van der Waals surface area contributed by atoms with Crippen molar-refractivity contribution in [3.63, 3.8) is 0 Å². The van der Waals surface area contributed by atoms with E-state index in [0.29, 0.717) is 32.4 Å². The summed E-state index contributed by atoms with van der Waals surface area (Å²) in [5, 5.41) is 3.73. The van der Waals surface area contributed by atoms with Crippen molar-refractivity contribution in [2.75, 3.05) is 5.32 Å². The number of benzene rings is 2. The van der Waals surface area contributed by atoms with E-state index in [1.54, 1.807) is 18.2 Å². The number of ether oxygens (including phenoxy) is 1. The number of para-hydroxylation sites is 1. The number of hydrogen-bond donors (Lipinski definition) is 1. The first-order chi connectivity index (χ1) is 11.6. The van der Waals surface area contributed by atoms with Crippen LogP contribution < -0.4 is 10.1 Å². The first kappa shape index (κ1) is 16.8. The Hall–Kier alpha value is -2.08. The number of anilines is 1. The molecule has 1 amide bonds. The maximum atomic E-state index is 12.1. The molecule has 2 aromatic carbocycles. The minimum Gasteiger partial charge on any atom is -0.487 e. The van der Waals surface area contributed by atoms with Crippen LogP contribution in [0.15, 0.2) is 54.7 Å². The molecule has 0 aliphatic heterocycles. The zero-order valence-electron chi connectivity index (χ0n) is 12.3. The molecule has 0 aliphatic rings. The molecule has 0 fully saturated rings. The highest BCUT2D eigenvalue weighted by molar-refractivity contribution is 7.19. The molecule has 0 radical (unpaired) electrons. The number of halogens is 2. The van der Waals surface area contributed by atoms with Crippen LogP contribution in [-0.4, -0.2) is 10.9 Å². The van der Waals surface area contributed by atoms with Crippen LogP contribution in [0.4, 0.5) is 5.13 Å². The van der Waals surface area contributed by atoms with Gasteiger partial charge in [0.05, 0.1) is 11.2 Å². The lowest BCUT2D eigenvalue weighted by Crippen LogP contribution is -2.11. The molecule has 3 rings (SSSR count). The maximum Gasteiger partial charge on any atom is 0.257 e. The number of nitrogens with zero attached hydrogens (tertiary/aromatic N) is 1. The molecule has 24 heavy (non-hydrogen) atoms. The SMILES string of the molecule is O=C(Nc1ncc(Cl)s1)c1ccc(COc2ccccc2Cl)cc1. The van der Waals surface area contributed by atoms with Gasteiger partial charge in [0.25, 0.3) is 5.91 Å². The molecule has 0 spiro atoms. The van der Waals surface area contributed by atoms with Crippen LogP contribution in [0.25, 0.3) is 0 Å². The van der Waals surface area contributed by atoms with Crippen molar-refractivity contribution in [2.24, 2.45) is 0 Å². The fourth-order valence-electron chi connectivity index (χ4n) is 1.96. The summed E-state index contributed by atoms with van der Waals surface area (Å²) in [5.41, 5.74) is 1.46. The van der Waals surface area contributed by atoms with E-state index in [2.05, 4.69) is 10.3 Å². The van der Waals surface area contributed by atoms with Crippen LogP contribution in [0.2, 0.25) is 9.36 Å². The Morgan fingerprint density at radius 3 is 2.54 bits per heavy atom. The highest BCUT2D eigenvalue weighted by Crippen LogP contribution is 2.25. The summed E-state index contributed by atoms with van der Waals surface area (Å²) in [6, 6.07) is 14.4. The van der Waals surface area contributed by atoms with Gasteiger partial charge >= 0.3 is 0 Å². The highest BCUT2D eigenvalue weighted by Gasteiger charge is 2.09. The number of carbonyl (C=O) groups excluding carboxylic acids is 1. The summed E-state index contributed by atoms with van der Waals surface area (Å²) in [5.74, 6) is 0.390. The molecule has 0 saturated heterocycles. The second-order valence-electron chi connectivity index (χ2n) is 4.84. The Morgan fingerprint density at radius 1 is 1.12 bits per heavy atom. The highest BCUT2D eigenvalue weighted by atomic mass is 35.5. The molecule has 0 bridgehead atoms. The molecule has 0 saturated carbocycles. The van der Waals surface area contributed by atoms with Gasteiger partial charge in [0, 0.05) is 5.56 Å². The number of amides is 1. The summed E-state index contributed by atoms with van der Waals surface area (Å²) < 4.78 is 6.19. The van der Waals surface area contributed by atoms with Crippen molar-refractivity contribution in [2.45, 2.75) is 6.61 Å². The molecule has 1 N–H and O–H groups in total. The van der Waals surface area contributed by atoms with Gasteiger partial charge in [-0.3, -0.25) is 10.1 Å². The molecule has 0 atom stereocenters. The average molecular weight is 379 g/mol. The first-order valence-corrected chi connectivity index (χ1v) is 8.58. The summed E-state index contributed by atoms with van der Waals surface area (Å²) in [6.45, 7) is 0.369. The van der Waals surface area contributed by atoms with Crippen molar-refractivity contribution >= 4 is 45.6 Å². The predicted octanol–water partition coefficient (Wildman–Crippen LogP) is 5.28. The number of aromatic nitrogens is 1. The standard InChI is InChI=1S/C17H12Cl2N2O2S/c18-13-3-1-2-4-14(13)23-10-11-5-7-12(8-6-11)16(22)21-17-20-9-15(19)24-17/h1-9H,10H2,(H,20,21,22). The zero-order chi connectivity index (χ0) is 16.9. The van der Waals surface area contributed by atoms with Gasteiger partial charge in [-0.15, -0.1) is 0 Å². The van der Waals surface area contributed by atoms with Gasteiger partial charge in [0.1, 0.15) is 16.7 Å². The Morgan fingerprint density at radius 2 is 1.88 bits per heavy atom. The van der Waals surface area contributed by atoms with Gasteiger partial charge < -0.3 is 4.74 Å². The van der Waals surface area contributed by atoms with Gasteiger partial charge in [0.15, 0.2) is 5.13 Å². The van der Waals surface area contributed by atoms with Crippen molar-refractivity contribution < 1.29 is 9.53 Å². The van der Waals surface area contributed by atoms with E-state index in [-0.39, 0.29) is 5.91 Å². The topological polar surface area (TPSA) is 51.2 Å². The second kappa shape index (κ2) is 7.66. The Bertz CT molecular complexity index is 850. The van der Waals surface area contributed by atoms with Crippen molar-refractivity contribution in [1.29, 1.82) is 0 Å². The number of rotatable bonds is 5. The predicted molar refractivity (Wildman–Crippen MR) is 97.3 cm³/mol. The minimum absolute atomic E-state index is 0.236. The van der Waals surface area contributed by atoms with Gasteiger partial charge in [-0.25, -0.2) is 4.98 Å². The number of thiazole rings is 1. The molecular formula is C17H12Cl2N2O2S. The largest absolute Gasteiger partial charge is 0.487 e. The summed E-state index contributed by atoms with van der Waals surface area (Å²) in [4.78, 5) is 16.1. The van der Waals surface area contributed by atoms with Crippen molar-refractivity contribution in [3.05, 3.63) is 75.2 Å². The van der Waals surface area contributed by atoms with E-state index in [0.717, 1.165) is 5.56 Å². The quantitative estimate of drug-likeness (QED) is 0.656. The zero-order valence-corrected chi connectivity index (χ0v) is 14.7. The third-order valence-corrected chi connectivity index (χ3v) is 4.49. The van der Waals surface area contributed by atoms with E-state index in [4.69, 9.17) is 27.9 Å². The van der Waals surface area contributed by atoms with Crippen LogP contribution in [0.1, 0.15) is 15.9 Å². The number of carbonyl (C=O) groups is 1. The lowest BCUT2D eigenvalue weighted by molar-refractivity contribution is 0.102. The fraction of sp³-hybridized carbons (Fsp3) is 0.0588. The molecular weight excluding hydrogens is 367 g/mol. The van der Waals surface area contributed by atoms with Crippen LogP contribution in [-0.2, 0) is 6.61 Å². The Labute approximate surface area is 153 Å². The molecule has 1 heterocycles. The van der Waals surface area contributed by atoms with Crippen molar-refractivity contribution in [1.82, 2.24) is 4.98 Å². The van der Waals surface area contributed by atoms with E-state index < -0.39 is 0 Å². The van der Waals surface area contributed by atoms with E-state index in [1.807, 2.05) is 30.3 Å². The third kappa shape index (κ3) is 4.26. The van der Waals surface area contributed by atoms with E-state index in [9.17, 15) is 4.79 Å². The molecule has 4 nitrogen and oxygen atoms in total. The van der Waals surface area contributed by atoms with Gasteiger partial charge in [-0.2, -0.15) is 0 Å². The molecule has 1 aromatic heterocycles. The lowest BCUT2D eigenvalue weighted by atomic mass is 10.1. The van der Waals surface area contributed by atoms with Gasteiger partial charge in [-0.05, 0) is 29.8 Å². The maximum absolute atomic E-state index is 12.1. The van der Waals surface area contributed by atoms with Crippen molar-refractivity contribution in [3.8, 4) is 5.75 Å². The summed E-state index contributed by atoms with van der Waals surface area (Å²) in [7, 11) is 0. The van der Waals surface area contributed by atoms with Crippen LogP contribution in [0.5, 0.6) is 5.75 Å². The Balaban J connectivity index is 1.60. The van der Waals surface area contributed by atoms with E-state index in [1.165, 1.54) is 17.5 Å². The Kier molecular flexibility index (Phi) is 5.35. The lowest BCUT2D eigenvalue weighted by Gasteiger charge is -2.08. The third-order valence-electron chi connectivity index (χ3n) is 3.15. The van der Waals surface area contributed by atoms with Crippen LogP contribution in [0, 0.1) is 0 Å². The molecule has 122 valence electrons. The monoisotopic (exact) mass is 378 g/mol. The van der Waals surface area contributed by atoms with Gasteiger partial charge in [-0.1, -0.05) is 58.8 Å². The molecule has 0 unspecified atom stereocenters. The first-order valence-electron chi connectivity index (χ1n) is 7.01. The van der Waals surface area contributed by atoms with Crippen LogP contribution >= 0.6 is 34.5 Å².